The first kappa shape index (κ1) is 22.0. The zero-order valence-electron chi connectivity index (χ0n) is 17.2. The Morgan fingerprint density at radius 2 is 1.87 bits per heavy atom. The Morgan fingerprint density at radius 1 is 1.13 bits per heavy atom. The maximum Gasteiger partial charge on any atom is 0.322 e. The van der Waals surface area contributed by atoms with Crippen LogP contribution in [0.1, 0.15) is 23.1 Å². The number of rotatable bonds is 8. The predicted molar refractivity (Wildman–Crippen MR) is 111 cm³/mol. The highest BCUT2D eigenvalue weighted by atomic mass is 16.5. The van der Waals surface area contributed by atoms with Gasteiger partial charge in [0.2, 0.25) is 11.8 Å². The van der Waals surface area contributed by atoms with Gasteiger partial charge in [0.1, 0.15) is 18.9 Å². The summed E-state index contributed by atoms with van der Waals surface area (Å²) in [4.78, 5) is 48.9. The number of piperidine rings is 1. The number of ketones is 1. The Balaban J connectivity index is 1.58. The third-order valence-electron chi connectivity index (χ3n) is 4.97. The molecule has 0 bridgehead atoms. The van der Waals surface area contributed by atoms with Crippen LogP contribution >= 0.6 is 0 Å². The fraction of sp³-hybridized carbons (Fsp3) is 0.304. The average Bonchev–Trinajstić information content (AvgIpc) is 2.74. The summed E-state index contributed by atoms with van der Waals surface area (Å²) in [6, 6.07) is 15.3. The van der Waals surface area contributed by atoms with Gasteiger partial charge < -0.3 is 20.1 Å². The molecule has 162 valence electrons. The molecule has 0 saturated carbocycles. The number of nitrogens with zero attached hydrogens (tertiary/aromatic N) is 1. The number of nitrogens with one attached hydrogen (secondary N) is 1. The summed E-state index contributed by atoms with van der Waals surface area (Å²) in [7, 11) is 0. The molecule has 2 N–H and O–H groups in total. The van der Waals surface area contributed by atoms with E-state index < -0.39 is 36.0 Å². The molecule has 2 amide bonds. The van der Waals surface area contributed by atoms with Gasteiger partial charge in [-0.2, -0.15) is 0 Å². The maximum absolute atomic E-state index is 12.7. The van der Waals surface area contributed by atoms with Crippen molar-refractivity contribution >= 4 is 23.6 Å². The number of aryl methyl sites for hydroxylation is 1. The van der Waals surface area contributed by atoms with Crippen molar-refractivity contribution < 1.29 is 29.0 Å². The van der Waals surface area contributed by atoms with E-state index in [1.807, 2.05) is 49.4 Å². The molecular formula is C23H24N2O6. The van der Waals surface area contributed by atoms with Crippen LogP contribution in [-0.2, 0) is 32.3 Å². The molecule has 2 aromatic carbocycles. The van der Waals surface area contributed by atoms with Crippen LogP contribution in [0.3, 0.4) is 0 Å². The van der Waals surface area contributed by atoms with Crippen molar-refractivity contribution in [3.05, 3.63) is 65.2 Å². The summed E-state index contributed by atoms with van der Waals surface area (Å²) >= 11 is 0. The van der Waals surface area contributed by atoms with Gasteiger partial charge in [0.05, 0.1) is 0 Å². The van der Waals surface area contributed by atoms with E-state index in [2.05, 4.69) is 11.4 Å². The van der Waals surface area contributed by atoms with E-state index in [4.69, 9.17) is 9.84 Å². The van der Waals surface area contributed by atoms with E-state index in [1.165, 1.54) is 4.90 Å². The number of hydrogen-bond acceptors (Lipinski definition) is 5. The SMILES string of the molecule is Cc1cccc(COc2ccc(CN3CCC(=O)C(C(=O)NCC(=O)O)C3=O)cc2)c1. The van der Waals surface area contributed by atoms with Crippen molar-refractivity contribution in [2.75, 3.05) is 13.1 Å². The minimum Gasteiger partial charge on any atom is -0.489 e. The standard InChI is InChI=1S/C23H24N2O6/c1-15-3-2-4-17(11-15)14-31-18-7-5-16(6-8-18)13-25-10-9-19(26)21(23(25)30)22(29)24-12-20(27)28/h2-8,11,21H,9-10,12-14H2,1H3,(H,24,29)(H,27,28). The van der Waals surface area contributed by atoms with Crippen LogP contribution in [0.15, 0.2) is 48.5 Å². The number of carboxylic acid groups (broad SMARTS) is 1. The summed E-state index contributed by atoms with van der Waals surface area (Å²) in [6.45, 7) is 2.29. The molecule has 31 heavy (non-hydrogen) atoms. The predicted octanol–water partition coefficient (Wildman–Crippen LogP) is 1.69. The summed E-state index contributed by atoms with van der Waals surface area (Å²) < 4.78 is 5.80. The van der Waals surface area contributed by atoms with Gasteiger partial charge in [0.25, 0.3) is 0 Å². The van der Waals surface area contributed by atoms with Gasteiger partial charge in [-0.25, -0.2) is 0 Å². The van der Waals surface area contributed by atoms with Crippen molar-refractivity contribution in [1.82, 2.24) is 10.2 Å². The molecule has 1 aliphatic rings. The van der Waals surface area contributed by atoms with Gasteiger partial charge in [-0.15, -0.1) is 0 Å². The Morgan fingerprint density at radius 3 is 2.55 bits per heavy atom. The van der Waals surface area contributed by atoms with Crippen LogP contribution < -0.4 is 10.1 Å². The lowest BCUT2D eigenvalue weighted by molar-refractivity contribution is -0.152. The number of ether oxygens (including phenoxy) is 1. The number of carbonyl (C=O) groups is 4. The number of amides is 2. The summed E-state index contributed by atoms with van der Waals surface area (Å²) in [5.74, 6) is -4.03. The first-order chi connectivity index (χ1) is 14.8. The number of likely N-dealkylation sites (tertiary alicyclic amines) is 1. The molecule has 8 nitrogen and oxygen atoms in total. The molecule has 1 aliphatic heterocycles. The molecule has 0 spiro atoms. The van der Waals surface area contributed by atoms with E-state index in [9.17, 15) is 19.2 Å². The van der Waals surface area contributed by atoms with Gasteiger partial charge in [0, 0.05) is 19.5 Å². The second-order valence-corrected chi connectivity index (χ2v) is 7.44. The molecular weight excluding hydrogens is 400 g/mol. The highest BCUT2D eigenvalue weighted by Crippen LogP contribution is 2.20. The Kier molecular flexibility index (Phi) is 7.02. The lowest BCUT2D eigenvalue weighted by atomic mass is 9.94. The number of carbonyl (C=O) groups excluding carboxylic acids is 3. The number of carboxylic acids is 1. The fourth-order valence-corrected chi connectivity index (χ4v) is 3.38. The van der Waals surface area contributed by atoms with Crippen LogP contribution in [0.5, 0.6) is 5.75 Å². The highest BCUT2D eigenvalue weighted by molar-refractivity contribution is 6.19. The zero-order valence-corrected chi connectivity index (χ0v) is 17.2. The second-order valence-electron chi connectivity index (χ2n) is 7.44. The lowest BCUT2D eigenvalue weighted by Gasteiger charge is -2.30. The van der Waals surface area contributed by atoms with Crippen molar-refractivity contribution in [2.24, 2.45) is 5.92 Å². The molecule has 2 aromatic rings. The zero-order chi connectivity index (χ0) is 22.4. The minimum absolute atomic E-state index is 0.0502. The molecule has 0 aliphatic carbocycles. The number of aliphatic carboxylic acids is 1. The molecule has 1 atom stereocenters. The van der Waals surface area contributed by atoms with E-state index >= 15 is 0 Å². The van der Waals surface area contributed by atoms with Gasteiger partial charge in [-0.3, -0.25) is 19.2 Å². The molecule has 1 saturated heterocycles. The van der Waals surface area contributed by atoms with Gasteiger partial charge in [-0.1, -0.05) is 42.0 Å². The normalized spacial score (nSPS) is 16.2. The first-order valence-electron chi connectivity index (χ1n) is 9.92. The third kappa shape index (κ3) is 5.91. The average molecular weight is 424 g/mol. The second kappa shape index (κ2) is 9.88. The first-order valence-corrected chi connectivity index (χ1v) is 9.92. The van der Waals surface area contributed by atoms with Crippen LogP contribution in [0, 0.1) is 12.8 Å². The Labute approximate surface area is 179 Å². The lowest BCUT2D eigenvalue weighted by Crippen LogP contribution is -2.52. The largest absolute Gasteiger partial charge is 0.489 e. The summed E-state index contributed by atoms with van der Waals surface area (Å²) in [5, 5.41) is 10.8. The van der Waals surface area contributed by atoms with E-state index in [-0.39, 0.29) is 19.5 Å². The molecule has 0 radical (unpaired) electrons. The summed E-state index contributed by atoms with van der Waals surface area (Å²) in [5.41, 5.74) is 3.06. The van der Waals surface area contributed by atoms with Crippen LogP contribution in [0.4, 0.5) is 0 Å². The van der Waals surface area contributed by atoms with E-state index in [0.29, 0.717) is 12.4 Å². The number of hydrogen-bond donors (Lipinski definition) is 2. The molecule has 1 unspecified atom stereocenters. The Bertz CT molecular complexity index is 986. The quantitative estimate of drug-likeness (QED) is 0.624. The van der Waals surface area contributed by atoms with Crippen molar-refractivity contribution in [2.45, 2.75) is 26.5 Å². The van der Waals surface area contributed by atoms with E-state index in [0.717, 1.165) is 16.7 Å². The van der Waals surface area contributed by atoms with Crippen molar-refractivity contribution in [1.29, 1.82) is 0 Å². The third-order valence-corrected chi connectivity index (χ3v) is 4.97. The van der Waals surface area contributed by atoms with Gasteiger partial charge in [-0.05, 0) is 30.2 Å². The van der Waals surface area contributed by atoms with Gasteiger partial charge >= 0.3 is 5.97 Å². The maximum atomic E-state index is 12.7. The summed E-state index contributed by atoms with van der Waals surface area (Å²) in [6.07, 6.45) is 0.0502. The molecule has 8 heteroatoms. The van der Waals surface area contributed by atoms with E-state index in [1.54, 1.807) is 0 Å². The van der Waals surface area contributed by atoms with Crippen LogP contribution in [0.2, 0.25) is 0 Å². The molecule has 0 aromatic heterocycles. The van der Waals surface area contributed by atoms with Gasteiger partial charge in [0.15, 0.2) is 11.7 Å². The van der Waals surface area contributed by atoms with Crippen molar-refractivity contribution in [3.8, 4) is 5.75 Å². The molecule has 1 fully saturated rings. The monoisotopic (exact) mass is 424 g/mol. The Hall–Kier alpha value is -3.68. The topological polar surface area (TPSA) is 113 Å². The van der Waals surface area contributed by atoms with Crippen LogP contribution in [-0.4, -0.2) is 46.7 Å². The molecule has 3 rings (SSSR count). The highest BCUT2D eigenvalue weighted by Gasteiger charge is 2.40. The van der Waals surface area contributed by atoms with Crippen LogP contribution in [0.25, 0.3) is 0 Å². The number of Topliss-reactive ketones (excluding diaryl/α,β-unsaturated/α-hetero) is 1. The fourth-order valence-electron chi connectivity index (χ4n) is 3.38. The minimum atomic E-state index is -1.50. The smallest absolute Gasteiger partial charge is 0.322 e. The molecule has 1 heterocycles. The number of benzene rings is 2. The van der Waals surface area contributed by atoms with Crippen molar-refractivity contribution in [3.63, 3.8) is 0 Å².